The highest BCUT2D eigenvalue weighted by Crippen LogP contribution is 2.60. The van der Waals surface area contributed by atoms with Gasteiger partial charge in [-0.15, -0.1) is 0 Å². The van der Waals surface area contributed by atoms with Gasteiger partial charge in [0.1, 0.15) is 6.10 Å². The summed E-state index contributed by atoms with van der Waals surface area (Å²) >= 11 is 0. The van der Waals surface area contributed by atoms with Crippen LogP contribution < -0.4 is 14.8 Å². The number of ether oxygens (including phenoxy) is 2. The average molecular weight is 358 g/mol. The quantitative estimate of drug-likeness (QED) is 0.883. The van der Waals surface area contributed by atoms with E-state index >= 15 is 0 Å². The molecule has 0 aromatic heterocycles. The maximum absolute atomic E-state index is 11.8. The molecule has 1 aromatic rings. The fourth-order valence-corrected chi connectivity index (χ4v) is 5.90. The second-order valence-electron chi connectivity index (χ2n) is 8.33. The van der Waals surface area contributed by atoms with Gasteiger partial charge in [-0.3, -0.25) is 4.79 Å². The van der Waals surface area contributed by atoms with Crippen molar-refractivity contribution in [1.29, 1.82) is 0 Å². The Balaban J connectivity index is 1.89. The standard InChI is InChI=1S/C21H30N2O3/c1-12-6-9-17(25-5)19-18(12)21-10-11-23(4)13(2)15(21)7-8-16(20(21)26-19)22-14(3)24/h6,9,13,15-16,20H,7-8,10-11H2,1-5H3,(H,22,24)/t13-,15?,16+,20?,21?/m1/s1. The zero-order valence-electron chi connectivity index (χ0n) is 16.5. The van der Waals surface area contributed by atoms with Crippen molar-refractivity contribution >= 4 is 5.91 Å². The molecule has 0 radical (unpaired) electrons. The molecule has 26 heavy (non-hydrogen) atoms. The lowest BCUT2D eigenvalue weighted by molar-refractivity contribution is -0.122. The maximum atomic E-state index is 11.8. The predicted molar refractivity (Wildman–Crippen MR) is 101 cm³/mol. The van der Waals surface area contributed by atoms with Gasteiger partial charge in [0.05, 0.1) is 13.2 Å². The van der Waals surface area contributed by atoms with E-state index in [1.807, 2.05) is 6.07 Å². The lowest BCUT2D eigenvalue weighted by atomic mass is 9.54. The first kappa shape index (κ1) is 17.7. The third-order valence-corrected chi connectivity index (χ3v) is 7.13. The van der Waals surface area contributed by atoms with Crippen LogP contribution in [-0.2, 0) is 10.2 Å². The van der Waals surface area contributed by atoms with Gasteiger partial charge >= 0.3 is 0 Å². The van der Waals surface area contributed by atoms with Crippen molar-refractivity contribution in [2.75, 3.05) is 20.7 Å². The molecule has 5 nitrogen and oxygen atoms in total. The summed E-state index contributed by atoms with van der Waals surface area (Å²) in [6.45, 7) is 7.17. The third-order valence-electron chi connectivity index (χ3n) is 7.13. The van der Waals surface area contributed by atoms with Crippen LogP contribution in [-0.4, -0.2) is 49.7 Å². The van der Waals surface area contributed by atoms with E-state index in [9.17, 15) is 4.79 Å². The molecule has 2 aliphatic heterocycles. The molecule has 2 heterocycles. The molecular weight excluding hydrogens is 328 g/mol. The van der Waals surface area contributed by atoms with Crippen LogP contribution >= 0.6 is 0 Å². The summed E-state index contributed by atoms with van der Waals surface area (Å²) in [6, 6.07) is 4.70. The number of likely N-dealkylation sites (tertiary alicyclic amines) is 1. The number of fused-ring (bicyclic) bond motifs is 1. The number of carbonyl (C=O) groups excluding carboxylic acids is 1. The van der Waals surface area contributed by atoms with Crippen molar-refractivity contribution < 1.29 is 14.3 Å². The molecule has 0 bridgehead atoms. The van der Waals surface area contributed by atoms with Crippen molar-refractivity contribution in [3.63, 3.8) is 0 Å². The number of hydrogen-bond donors (Lipinski definition) is 1. The van der Waals surface area contributed by atoms with Gasteiger partial charge in [-0.1, -0.05) is 6.07 Å². The van der Waals surface area contributed by atoms with E-state index in [1.54, 1.807) is 14.0 Å². The molecule has 1 aliphatic carbocycles. The van der Waals surface area contributed by atoms with Crippen LogP contribution in [0.5, 0.6) is 11.5 Å². The normalized spacial score (nSPS) is 35.7. The van der Waals surface area contributed by atoms with Crippen molar-refractivity contribution in [3.8, 4) is 11.5 Å². The number of carbonyl (C=O) groups is 1. The molecule has 1 amide bonds. The van der Waals surface area contributed by atoms with Crippen molar-refractivity contribution in [1.82, 2.24) is 10.2 Å². The maximum Gasteiger partial charge on any atom is 0.217 e. The van der Waals surface area contributed by atoms with Crippen molar-refractivity contribution in [2.45, 2.75) is 63.6 Å². The van der Waals surface area contributed by atoms with Crippen LogP contribution in [0.2, 0.25) is 0 Å². The number of amides is 1. The number of rotatable bonds is 2. The molecule has 5 heteroatoms. The molecule has 3 aliphatic rings. The highest BCUT2D eigenvalue weighted by molar-refractivity contribution is 5.73. The molecule has 1 saturated carbocycles. The van der Waals surface area contributed by atoms with E-state index in [1.165, 1.54) is 11.1 Å². The average Bonchev–Trinajstić information content (AvgIpc) is 2.95. The Morgan fingerprint density at radius 3 is 2.85 bits per heavy atom. The van der Waals surface area contributed by atoms with Gasteiger partial charge in [0.2, 0.25) is 5.91 Å². The molecule has 2 fully saturated rings. The third kappa shape index (κ3) is 2.29. The highest BCUT2D eigenvalue weighted by Gasteiger charge is 2.62. The van der Waals surface area contributed by atoms with E-state index in [2.05, 4.69) is 37.2 Å². The molecule has 3 unspecified atom stereocenters. The van der Waals surface area contributed by atoms with Gasteiger partial charge in [0.15, 0.2) is 11.5 Å². The first-order valence-corrected chi connectivity index (χ1v) is 9.72. The Morgan fingerprint density at radius 1 is 1.38 bits per heavy atom. The Bertz CT molecular complexity index is 734. The summed E-state index contributed by atoms with van der Waals surface area (Å²) in [7, 11) is 3.93. The first-order chi connectivity index (χ1) is 12.4. The van der Waals surface area contributed by atoms with Gasteiger partial charge in [-0.25, -0.2) is 0 Å². The lowest BCUT2D eigenvalue weighted by Gasteiger charge is -2.56. The zero-order chi connectivity index (χ0) is 18.6. The Labute approximate surface area is 156 Å². The molecular formula is C21H30N2O3. The monoisotopic (exact) mass is 358 g/mol. The van der Waals surface area contributed by atoms with E-state index in [0.717, 1.165) is 37.3 Å². The van der Waals surface area contributed by atoms with Gasteiger partial charge in [0, 0.05) is 23.9 Å². The number of piperidine rings is 1. The predicted octanol–water partition coefficient (Wildman–Crippen LogP) is 2.64. The molecule has 5 atom stereocenters. The van der Waals surface area contributed by atoms with Crippen LogP contribution in [0, 0.1) is 12.8 Å². The smallest absolute Gasteiger partial charge is 0.217 e. The van der Waals surface area contributed by atoms with Crippen molar-refractivity contribution in [2.24, 2.45) is 5.92 Å². The summed E-state index contributed by atoms with van der Waals surface area (Å²) in [5.74, 6) is 2.24. The summed E-state index contributed by atoms with van der Waals surface area (Å²) in [5.41, 5.74) is 2.54. The fraction of sp³-hybridized carbons (Fsp3) is 0.667. The minimum absolute atomic E-state index is 0.0211. The molecule has 1 saturated heterocycles. The molecule has 142 valence electrons. The summed E-state index contributed by atoms with van der Waals surface area (Å²) in [6.07, 6.45) is 3.10. The minimum Gasteiger partial charge on any atom is -0.493 e. The zero-order valence-corrected chi connectivity index (χ0v) is 16.5. The number of hydrogen-bond acceptors (Lipinski definition) is 4. The second kappa shape index (κ2) is 6.15. The van der Waals surface area contributed by atoms with Gasteiger partial charge in [-0.2, -0.15) is 0 Å². The fourth-order valence-electron chi connectivity index (χ4n) is 5.90. The number of benzene rings is 1. The Morgan fingerprint density at radius 2 is 2.15 bits per heavy atom. The number of methoxy groups -OCH3 is 1. The van der Waals surface area contributed by atoms with Crippen LogP contribution in [0.4, 0.5) is 0 Å². The van der Waals surface area contributed by atoms with Gasteiger partial charge < -0.3 is 19.7 Å². The summed E-state index contributed by atoms with van der Waals surface area (Å²) in [5, 5.41) is 3.18. The van der Waals surface area contributed by atoms with Gasteiger partial charge in [-0.05, 0) is 64.3 Å². The van der Waals surface area contributed by atoms with E-state index < -0.39 is 0 Å². The summed E-state index contributed by atoms with van der Waals surface area (Å²) < 4.78 is 12.2. The van der Waals surface area contributed by atoms with Crippen LogP contribution in [0.3, 0.4) is 0 Å². The SMILES string of the molecule is COc1ccc(C)c2c1OC1[C@@H](NC(C)=O)CCC3[C@@H](C)N(C)CCC213. The minimum atomic E-state index is -0.0503. The number of aryl methyl sites for hydroxylation is 1. The Kier molecular flexibility index (Phi) is 4.18. The first-order valence-electron chi connectivity index (χ1n) is 9.72. The van der Waals surface area contributed by atoms with Crippen LogP contribution in [0.25, 0.3) is 0 Å². The lowest BCUT2D eigenvalue weighted by Crippen LogP contribution is -2.65. The molecule has 1 N–H and O–H groups in total. The largest absolute Gasteiger partial charge is 0.493 e. The highest BCUT2D eigenvalue weighted by atomic mass is 16.5. The van der Waals surface area contributed by atoms with Crippen LogP contribution in [0.15, 0.2) is 12.1 Å². The molecule has 1 aromatic carbocycles. The van der Waals surface area contributed by atoms with Crippen molar-refractivity contribution in [3.05, 3.63) is 23.3 Å². The topological polar surface area (TPSA) is 50.8 Å². The van der Waals surface area contributed by atoms with E-state index in [0.29, 0.717) is 12.0 Å². The number of nitrogens with zero attached hydrogens (tertiary/aromatic N) is 1. The number of nitrogens with one attached hydrogen (secondary N) is 1. The summed E-state index contributed by atoms with van der Waals surface area (Å²) in [4.78, 5) is 14.3. The van der Waals surface area contributed by atoms with Gasteiger partial charge in [0.25, 0.3) is 0 Å². The molecule has 1 spiro atoms. The van der Waals surface area contributed by atoms with E-state index in [4.69, 9.17) is 9.47 Å². The Hall–Kier alpha value is -1.75. The van der Waals surface area contributed by atoms with E-state index in [-0.39, 0.29) is 23.5 Å². The van der Waals surface area contributed by atoms with Crippen LogP contribution in [0.1, 0.15) is 44.2 Å². The second-order valence-corrected chi connectivity index (χ2v) is 8.33. The molecule has 4 rings (SSSR count).